The lowest BCUT2D eigenvalue weighted by atomic mass is 10.1. The van der Waals surface area contributed by atoms with Crippen LogP contribution in [0.25, 0.3) is 0 Å². The van der Waals surface area contributed by atoms with E-state index in [9.17, 15) is 5.11 Å². The second-order valence-corrected chi connectivity index (χ2v) is 5.84. The number of nitrogens with zero attached hydrogens (tertiary/aromatic N) is 3. The van der Waals surface area contributed by atoms with Crippen molar-refractivity contribution in [3.63, 3.8) is 0 Å². The largest absolute Gasteiger partial charge is 0.485 e. The maximum absolute atomic E-state index is 9.79. The Bertz CT molecular complexity index is 596. The molecule has 2 aromatic rings. The molecular formula is C15H20ClN3O2. The van der Waals surface area contributed by atoms with Crippen LogP contribution in [-0.4, -0.2) is 19.9 Å². The first kappa shape index (κ1) is 15.8. The normalized spacial score (nSPS) is 12.7. The van der Waals surface area contributed by atoms with Gasteiger partial charge >= 0.3 is 0 Å². The number of hydrogen-bond acceptors (Lipinski definition) is 4. The number of halogens is 1. The summed E-state index contributed by atoms with van der Waals surface area (Å²) in [6.45, 7) is 7.02. The van der Waals surface area contributed by atoms with Crippen LogP contribution in [0.4, 0.5) is 0 Å². The fraction of sp³-hybridized carbons (Fsp3) is 0.467. The zero-order valence-corrected chi connectivity index (χ0v) is 13.2. The summed E-state index contributed by atoms with van der Waals surface area (Å²) in [4.78, 5) is 4.21. The maximum Gasteiger partial charge on any atom is 0.164 e. The first-order valence-corrected chi connectivity index (χ1v) is 7.32. The molecule has 0 aliphatic heterocycles. The highest BCUT2D eigenvalue weighted by Gasteiger charge is 2.12. The minimum Gasteiger partial charge on any atom is -0.485 e. The smallest absolute Gasteiger partial charge is 0.164 e. The fourth-order valence-electron chi connectivity index (χ4n) is 2.02. The van der Waals surface area contributed by atoms with Crippen molar-refractivity contribution in [1.29, 1.82) is 0 Å². The third-order valence-corrected chi connectivity index (χ3v) is 3.25. The summed E-state index contributed by atoms with van der Waals surface area (Å²) in [7, 11) is 0. The summed E-state index contributed by atoms with van der Waals surface area (Å²) in [5.74, 6) is 1.85. The lowest BCUT2D eigenvalue weighted by Crippen LogP contribution is -2.12. The average Bonchev–Trinajstić information content (AvgIpc) is 2.83. The third-order valence-electron chi connectivity index (χ3n) is 3.01. The number of aromatic nitrogens is 3. The lowest BCUT2D eigenvalue weighted by molar-refractivity contribution is 0.189. The van der Waals surface area contributed by atoms with Gasteiger partial charge in [-0.25, -0.2) is 9.67 Å². The molecule has 0 unspecified atom stereocenters. The topological polar surface area (TPSA) is 60.2 Å². The van der Waals surface area contributed by atoms with Crippen LogP contribution in [-0.2, 0) is 13.2 Å². The van der Waals surface area contributed by atoms with Gasteiger partial charge in [-0.3, -0.25) is 0 Å². The molecule has 0 aliphatic rings. The van der Waals surface area contributed by atoms with Crippen molar-refractivity contribution in [2.75, 3.05) is 0 Å². The van der Waals surface area contributed by atoms with Crippen LogP contribution in [0.5, 0.6) is 5.75 Å². The molecule has 0 spiro atoms. The zero-order chi connectivity index (χ0) is 15.4. The number of ether oxygens (including phenoxy) is 1. The molecule has 0 saturated carbocycles. The standard InChI is InChI=1S/C15H20ClN3O2/c1-10(2)7-19-15(17-9-18-19)8-21-14-5-4-12(16)6-13(14)11(3)20/h4-6,9-11,20H,7-8H2,1-3H3/t11-/m1/s1. The summed E-state index contributed by atoms with van der Waals surface area (Å²) >= 11 is 5.95. The van der Waals surface area contributed by atoms with Crippen molar-refractivity contribution < 1.29 is 9.84 Å². The minimum absolute atomic E-state index is 0.300. The van der Waals surface area contributed by atoms with E-state index in [4.69, 9.17) is 16.3 Å². The summed E-state index contributed by atoms with van der Waals surface area (Å²) < 4.78 is 7.61. The second-order valence-electron chi connectivity index (χ2n) is 5.40. The highest BCUT2D eigenvalue weighted by atomic mass is 35.5. The molecule has 114 valence electrons. The molecule has 1 aromatic heterocycles. The van der Waals surface area contributed by atoms with Crippen LogP contribution in [0, 0.1) is 5.92 Å². The SMILES string of the molecule is CC(C)Cn1ncnc1COc1ccc(Cl)cc1[C@@H](C)O. The number of aliphatic hydroxyl groups is 1. The van der Waals surface area contributed by atoms with E-state index in [1.54, 1.807) is 25.1 Å². The molecule has 0 bridgehead atoms. The van der Waals surface area contributed by atoms with Crippen LogP contribution in [0.3, 0.4) is 0 Å². The lowest BCUT2D eigenvalue weighted by Gasteiger charge is -2.14. The number of rotatable bonds is 6. The van der Waals surface area contributed by atoms with Crippen LogP contribution in [0.2, 0.25) is 5.02 Å². The van der Waals surface area contributed by atoms with Gasteiger partial charge in [0.05, 0.1) is 6.10 Å². The van der Waals surface area contributed by atoms with Gasteiger partial charge in [-0.15, -0.1) is 0 Å². The van der Waals surface area contributed by atoms with E-state index < -0.39 is 6.10 Å². The Balaban J connectivity index is 2.12. The van der Waals surface area contributed by atoms with Gasteiger partial charge in [0, 0.05) is 17.1 Å². The molecular weight excluding hydrogens is 290 g/mol. The van der Waals surface area contributed by atoms with Crippen LogP contribution < -0.4 is 4.74 Å². The van der Waals surface area contributed by atoms with Gasteiger partial charge in [0.1, 0.15) is 18.7 Å². The molecule has 21 heavy (non-hydrogen) atoms. The number of benzene rings is 1. The van der Waals surface area contributed by atoms with Gasteiger partial charge in [-0.1, -0.05) is 25.4 Å². The van der Waals surface area contributed by atoms with E-state index in [1.165, 1.54) is 6.33 Å². The molecule has 2 rings (SSSR count). The summed E-state index contributed by atoms with van der Waals surface area (Å²) in [6, 6.07) is 5.20. The van der Waals surface area contributed by atoms with Crippen molar-refractivity contribution in [2.24, 2.45) is 5.92 Å². The van der Waals surface area contributed by atoms with E-state index in [2.05, 4.69) is 23.9 Å². The highest BCUT2D eigenvalue weighted by Crippen LogP contribution is 2.28. The van der Waals surface area contributed by atoms with Crippen LogP contribution >= 0.6 is 11.6 Å². The zero-order valence-electron chi connectivity index (χ0n) is 12.5. The van der Waals surface area contributed by atoms with E-state index in [1.807, 2.05) is 4.68 Å². The fourth-order valence-corrected chi connectivity index (χ4v) is 2.20. The molecule has 1 heterocycles. The number of aliphatic hydroxyl groups excluding tert-OH is 1. The van der Waals surface area contributed by atoms with E-state index in [-0.39, 0.29) is 0 Å². The Labute approximate surface area is 129 Å². The molecule has 0 amide bonds. The van der Waals surface area contributed by atoms with Crippen LogP contribution in [0.1, 0.15) is 38.3 Å². The first-order valence-electron chi connectivity index (χ1n) is 6.94. The van der Waals surface area contributed by atoms with Gasteiger partial charge in [0.25, 0.3) is 0 Å². The molecule has 0 fully saturated rings. The van der Waals surface area contributed by atoms with Crippen LogP contribution in [0.15, 0.2) is 24.5 Å². The molecule has 1 aromatic carbocycles. The second kappa shape index (κ2) is 6.91. The summed E-state index contributed by atoms with van der Waals surface area (Å²) in [6.07, 6.45) is 0.880. The van der Waals surface area contributed by atoms with Gasteiger partial charge in [-0.2, -0.15) is 5.10 Å². The molecule has 0 saturated heterocycles. The first-order chi connectivity index (χ1) is 9.97. The number of hydrogen-bond donors (Lipinski definition) is 1. The quantitative estimate of drug-likeness (QED) is 0.890. The predicted octanol–water partition coefficient (Wildman–Crippen LogP) is 3.22. The third kappa shape index (κ3) is 4.19. The summed E-state index contributed by atoms with van der Waals surface area (Å²) in [5, 5.41) is 14.6. The Morgan fingerprint density at radius 1 is 1.33 bits per heavy atom. The molecule has 1 atom stereocenters. The Hall–Kier alpha value is -1.59. The molecule has 6 heteroatoms. The molecule has 1 N–H and O–H groups in total. The Morgan fingerprint density at radius 2 is 2.10 bits per heavy atom. The van der Waals surface area contributed by atoms with Crippen molar-refractivity contribution in [3.8, 4) is 5.75 Å². The van der Waals surface area contributed by atoms with Crippen molar-refractivity contribution in [1.82, 2.24) is 14.8 Å². The Morgan fingerprint density at radius 3 is 2.76 bits per heavy atom. The highest BCUT2D eigenvalue weighted by molar-refractivity contribution is 6.30. The summed E-state index contributed by atoms with van der Waals surface area (Å²) in [5.41, 5.74) is 0.664. The predicted molar refractivity (Wildman–Crippen MR) is 81.3 cm³/mol. The van der Waals surface area contributed by atoms with Gasteiger partial charge in [0.2, 0.25) is 0 Å². The van der Waals surface area contributed by atoms with Gasteiger partial charge in [-0.05, 0) is 31.0 Å². The monoisotopic (exact) mass is 309 g/mol. The average molecular weight is 310 g/mol. The molecule has 0 radical (unpaired) electrons. The van der Waals surface area contributed by atoms with Crippen molar-refractivity contribution in [2.45, 2.75) is 40.0 Å². The van der Waals surface area contributed by atoms with Crippen molar-refractivity contribution >= 4 is 11.6 Å². The van der Waals surface area contributed by atoms with E-state index >= 15 is 0 Å². The molecule has 5 nitrogen and oxygen atoms in total. The van der Waals surface area contributed by atoms with Crippen molar-refractivity contribution in [3.05, 3.63) is 40.9 Å². The van der Waals surface area contributed by atoms with E-state index in [0.29, 0.717) is 28.9 Å². The minimum atomic E-state index is -0.646. The van der Waals surface area contributed by atoms with Gasteiger partial charge in [0.15, 0.2) is 5.82 Å². The maximum atomic E-state index is 9.79. The van der Waals surface area contributed by atoms with Gasteiger partial charge < -0.3 is 9.84 Å². The van der Waals surface area contributed by atoms with E-state index in [0.717, 1.165) is 12.4 Å². The Kier molecular flexibility index (Phi) is 5.20. The molecule has 0 aliphatic carbocycles.